The van der Waals surface area contributed by atoms with Crippen molar-refractivity contribution in [2.75, 3.05) is 6.61 Å². The van der Waals surface area contributed by atoms with Gasteiger partial charge in [0.2, 0.25) is 0 Å². The van der Waals surface area contributed by atoms with Crippen LogP contribution < -0.4 is 5.73 Å². The molecule has 0 atom stereocenters. The fourth-order valence-electron chi connectivity index (χ4n) is 0.272. The number of nitrogens with two attached hydrogens (primary N) is 1. The summed E-state index contributed by atoms with van der Waals surface area (Å²) in [6.45, 7) is 2.06. The summed E-state index contributed by atoms with van der Waals surface area (Å²) < 4.78 is 4.18. The summed E-state index contributed by atoms with van der Waals surface area (Å²) in [6.07, 6.45) is -1.52. The van der Waals surface area contributed by atoms with Crippen LogP contribution >= 0.6 is 0 Å². The monoisotopic (exact) mass is 193 g/mol. The number of aliphatic carboxylic acids is 2. The number of carboxylic acid groups (broad SMARTS) is 2. The van der Waals surface area contributed by atoms with Crippen LogP contribution in [0.1, 0.15) is 13.3 Å². The minimum Gasteiger partial charge on any atom is -0.481 e. The van der Waals surface area contributed by atoms with E-state index in [1.54, 1.807) is 6.92 Å². The van der Waals surface area contributed by atoms with Gasteiger partial charge in [0.1, 0.15) is 6.42 Å². The summed E-state index contributed by atoms with van der Waals surface area (Å²) in [4.78, 5) is 28.5. The molecular weight excluding hydrogens is 182 g/mol. The second-order valence-electron chi connectivity index (χ2n) is 1.72. The summed E-state index contributed by atoms with van der Waals surface area (Å²) >= 11 is 0. The van der Waals surface area contributed by atoms with Crippen LogP contribution in [0.3, 0.4) is 0 Å². The molecule has 0 aliphatic heterocycles. The maximum absolute atomic E-state index is 9.60. The molecule has 0 aromatic heterocycles. The molecule has 0 saturated carbocycles. The maximum Gasteiger partial charge on any atom is 0.404 e. The third-order valence-electron chi connectivity index (χ3n) is 0.589. The van der Waals surface area contributed by atoms with Crippen molar-refractivity contribution in [3.63, 3.8) is 0 Å². The number of ether oxygens (including phenoxy) is 1. The van der Waals surface area contributed by atoms with Crippen LogP contribution in [-0.2, 0) is 14.3 Å². The molecule has 4 N–H and O–H groups in total. The van der Waals surface area contributed by atoms with Crippen molar-refractivity contribution in [2.24, 2.45) is 5.73 Å². The van der Waals surface area contributed by atoms with E-state index in [0.717, 1.165) is 0 Å². The topological polar surface area (TPSA) is 127 Å². The summed E-state index contributed by atoms with van der Waals surface area (Å²) in [6, 6.07) is 0. The van der Waals surface area contributed by atoms with Crippen molar-refractivity contribution in [1.29, 1.82) is 0 Å². The summed E-state index contributed by atoms with van der Waals surface area (Å²) in [5, 5.41) is 15.4. The first-order valence-electron chi connectivity index (χ1n) is 3.26. The van der Waals surface area contributed by atoms with Gasteiger partial charge in [0, 0.05) is 0 Å². The molecule has 0 spiro atoms. The SMILES string of the molecule is CCOC(N)=O.O=C(O)CC(=O)O. The lowest BCUT2D eigenvalue weighted by atomic mass is 10.5. The number of carbonyl (C=O) groups is 3. The molecule has 0 heterocycles. The van der Waals surface area contributed by atoms with E-state index < -0.39 is 24.5 Å². The van der Waals surface area contributed by atoms with Crippen molar-refractivity contribution in [3.8, 4) is 0 Å². The van der Waals surface area contributed by atoms with Crippen LogP contribution in [-0.4, -0.2) is 34.9 Å². The van der Waals surface area contributed by atoms with Crippen LogP contribution in [0.5, 0.6) is 0 Å². The third kappa shape index (κ3) is 25.4. The molecule has 0 aromatic carbocycles. The highest BCUT2D eigenvalue weighted by atomic mass is 16.5. The van der Waals surface area contributed by atoms with Crippen molar-refractivity contribution >= 4 is 18.0 Å². The third-order valence-corrected chi connectivity index (χ3v) is 0.589. The Kier molecular flexibility index (Phi) is 8.80. The van der Waals surface area contributed by atoms with Crippen LogP contribution in [0.25, 0.3) is 0 Å². The molecule has 0 aliphatic carbocycles. The minimum atomic E-state index is -1.31. The minimum absolute atomic E-state index is 0.356. The quantitative estimate of drug-likeness (QED) is 0.525. The number of hydrogen-bond donors (Lipinski definition) is 3. The van der Waals surface area contributed by atoms with Gasteiger partial charge >= 0.3 is 18.0 Å². The standard InChI is InChI=1S/C3H7NO2.C3H4O4/c1-2-6-3(4)5;4-2(5)1-3(6)7/h2H2,1H3,(H2,4,5);1H2,(H,4,5)(H,6,7). The smallest absolute Gasteiger partial charge is 0.404 e. The highest BCUT2D eigenvalue weighted by Gasteiger charge is 2.01. The van der Waals surface area contributed by atoms with Gasteiger partial charge in [-0.3, -0.25) is 9.59 Å². The number of amides is 1. The van der Waals surface area contributed by atoms with Crippen LogP contribution in [0.15, 0.2) is 0 Å². The molecule has 0 aliphatic rings. The highest BCUT2D eigenvalue weighted by molar-refractivity contribution is 5.88. The van der Waals surface area contributed by atoms with E-state index in [-0.39, 0.29) is 0 Å². The molecule has 0 rings (SSSR count). The van der Waals surface area contributed by atoms with Gasteiger partial charge in [0.05, 0.1) is 6.61 Å². The Morgan fingerprint density at radius 1 is 1.23 bits per heavy atom. The lowest BCUT2D eigenvalue weighted by molar-refractivity contribution is -0.147. The molecular formula is C6H11NO6. The summed E-state index contributed by atoms with van der Waals surface area (Å²) in [5.41, 5.74) is 4.54. The Morgan fingerprint density at radius 3 is 1.62 bits per heavy atom. The van der Waals surface area contributed by atoms with E-state index in [2.05, 4.69) is 10.5 Å². The van der Waals surface area contributed by atoms with Crippen molar-refractivity contribution in [2.45, 2.75) is 13.3 Å². The Balaban J connectivity index is 0. The average Bonchev–Trinajstić information content (AvgIpc) is 1.83. The first-order valence-corrected chi connectivity index (χ1v) is 3.26. The lowest BCUT2D eigenvalue weighted by Gasteiger charge is -1.89. The molecule has 1 amide bonds. The first-order chi connectivity index (χ1) is 5.90. The Labute approximate surface area is 74.1 Å². The van der Waals surface area contributed by atoms with E-state index in [1.807, 2.05) is 0 Å². The van der Waals surface area contributed by atoms with Crippen molar-refractivity contribution < 1.29 is 29.3 Å². The van der Waals surface area contributed by atoms with Gasteiger partial charge in [0.15, 0.2) is 0 Å². The molecule has 13 heavy (non-hydrogen) atoms. The zero-order valence-corrected chi connectivity index (χ0v) is 7.02. The molecule has 76 valence electrons. The molecule has 0 aromatic rings. The zero-order chi connectivity index (χ0) is 10.9. The molecule has 0 radical (unpaired) electrons. The van der Waals surface area contributed by atoms with E-state index in [4.69, 9.17) is 10.2 Å². The van der Waals surface area contributed by atoms with Gasteiger partial charge in [-0.25, -0.2) is 4.79 Å². The Morgan fingerprint density at radius 2 is 1.62 bits per heavy atom. The number of rotatable bonds is 3. The van der Waals surface area contributed by atoms with Gasteiger partial charge in [-0.1, -0.05) is 0 Å². The summed E-state index contributed by atoms with van der Waals surface area (Å²) in [5.74, 6) is -2.62. The Bertz CT molecular complexity index is 178. The summed E-state index contributed by atoms with van der Waals surface area (Å²) in [7, 11) is 0. The van der Waals surface area contributed by atoms with E-state index >= 15 is 0 Å². The maximum atomic E-state index is 9.60. The molecule has 0 saturated heterocycles. The molecule has 0 unspecified atom stereocenters. The first kappa shape index (κ1) is 13.8. The second kappa shape index (κ2) is 8.31. The van der Waals surface area contributed by atoms with Gasteiger partial charge < -0.3 is 20.7 Å². The van der Waals surface area contributed by atoms with Gasteiger partial charge in [-0.05, 0) is 6.92 Å². The highest BCUT2D eigenvalue weighted by Crippen LogP contribution is 1.74. The number of primary amides is 1. The Hall–Kier alpha value is -1.79. The fraction of sp³-hybridized carbons (Fsp3) is 0.500. The van der Waals surface area contributed by atoms with Crippen LogP contribution in [0.2, 0.25) is 0 Å². The normalized spacial score (nSPS) is 7.77. The number of hydrogen-bond acceptors (Lipinski definition) is 4. The van der Waals surface area contributed by atoms with Crippen molar-refractivity contribution in [1.82, 2.24) is 0 Å². The van der Waals surface area contributed by atoms with Crippen molar-refractivity contribution in [3.05, 3.63) is 0 Å². The zero-order valence-electron chi connectivity index (χ0n) is 7.02. The number of carboxylic acids is 2. The van der Waals surface area contributed by atoms with E-state index in [1.165, 1.54) is 0 Å². The van der Waals surface area contributed by atoms with E-state index in [9.17, 15) is 14.4 Å². The van der Waals surface area contributed by atoms with Gasteiger partial charge in [-0.15, -0.1) is 0 Å². The average molecular weight is 193 g/mol. The lowest BCUT2D eigenvalue weighted by Crippen LogP contribution is -2.11. The fourth-order valence-corrected chi connectivity index (χ4v) is 0.272. The molecule has 7 nitrogen and oxygen atoms in total. The van der Waals surface area contributed by atoms with E-state index in [0.29, 0.717) is 6.61 Å². The van der Waals surface area contributed by atoms with Crippen LogP contribution in [0, 0.1) is 0 Å². The predicted molar refractivity (Wildman–Crippen MR) is 41.1 cm³/mol. The molecule has 0 fully saturated rings. The van der Waals surface area contributed by atoms with Gasteiger partial charge in [0.25, 0.3) is 0 Å². The van der Waals surface area contributed by atoms with Gasteiger partial charge in [-0.2, -0.15) is 0 Å². The number of carbonyl (C=O) groups excluding carboxylic acids is 1. The molecule has 0 bridgehead atoms. The largest absolute Gasteiger partial charge is 0.481 e. The second-order valence-corrected chi connectivity index (χ2v) is 1.72. The predicted octanol–water partition coefficient (Wildman–Crippen LogP) is -0.353. The molecule has 7 heteroatoms. The van der Waals surface area contributed by atoms with Crippen LogP contribution in [0.4, 0.5) is 4.79 Å².